The number of imidazole rings is 1. The van der Waals surface area contributed by atoms with Crippen molar-refractivity contribution in [3.05, 3.63) is 48.3 Å². The fourth-order valence-corrected chi connectivity index (χ4v) is 3.16. The van der Waals surface area contributed by atoms with Gasteiger partial charge in [-0.15, -0.1) is 0 Å². The molecule has 0 saturated carbocycles. The van der Waals surface area contributed by atoms with Crippen LogP contribution in [0.25, 0.3) is 5.69 Å². The van der Waals surface area contributed by atoms with Crippen LogP contribution in [0.15, 0.2) is 36.9 Å². The topological polar surface area (TPSA) is 76.5 Å². The summed E-state index contributed by atoms with van der Waals surface area (Å²) in [6.45, 7) is 6.04. The largest absolute Gasteiger partial charge is 0.444 e. The van der Waals surface area contributed by atoms with E-state index in [-0.39, 0.29) is 12.5 Å². The molecule has 0 radical (unpaired) electrons. The number of carbonyl (C=O) groups is 2. The summed E-state index contributed by atoms with van der Waals surface area (Å²) >= 11 is 0. The standard InChI is InChI=1S/C20H25FN4O3/c1-20(2,3)28-19(27)25-9-4-5-17(25)18(26)23-12-14-6-7-16(15(21)11-14)24-10-8-22-13-24/h6-8,10-11,13,17H,4-5,9,12H2,1-3H3,(H,23,26)/t17-/m0/s1. The van der Waals surface area contributed by atoms with Crippen LogP contribution in [0.1, 0.15) is 39.2 Å². The molecule has 1 N–H and O–H groups in total. The van der Waals surface area contributed by atoms with Gasteiger partial charge >= 0.3 is 6.09 Å². The van der Waals surface area contributed by atoms with Crippen LogP contribution in [-0.2, 0) is 16.1 Å². The first kappa shape index (κ1) is 19.9. The molecule has 1 fully saturated rings. The van der Waals surface area contributed by atoms with E-state index in [4.69, 9.17) is 4.74 Å². The van der Waals surface area contributed by atoms with Crippen LogP contribution in [0.3, 0.4) is 0 Å². The lowest BCUT2D eigenvalue weighted by Gasteiger charge is -2.28. The van der Waals surface area contributed by atoms with Crippen molar-refractivity contribution < 1.29 is 18.7 Å². The molecule has 3 rings (SSSR count). The van der Waals surface area contributed by atoms with Crippen molar-refractivity contribution in [1.82, 2.24) is 19.8 Å². The van der Waals surface area contributed by atoms with Crippen LogP contribution in [0.2, 0.25) is 0 Å². The minimum atomic E-state index is -0.616. The van der Waals surface area contributed by atoms with Gasteiger partial charge in [-0.1, -0.05) is 6.07 Å². The highest BCUT2D eigenvalue weighted by Crippen LogP contribution is 2.21. The second-order valence-electron chi connectivity index (χ2n) is 7.81. The first-order valence-corrected chi connectivity index (χ1v) is 9.29. The molecule has 2 heterocycles. The van der Waals surface area contributed by atoms with Crippen molar-refractivity contribution >= 4 is 12.0 Å². The molecule has 150 valence electrons. The van der Waals surface area contributed by atoms with Crippen molar-refractivity contribution in [1.29, 1.82) is 0 Å². The van der Waals surface area contributed by atoms with Gasteiger partial charge in [0.25, 0.3) is 0 Å². The molecule has 0 bridgehead atoms. The van der Waals surface area contributed by atoms with E-state index in [1.807, 2.05) is 0 Å². The van der Waals surface area contributed by atoms with Crippen LogP contribution < -0.4 is 5.32 Å². The van der Waals surface area contributed by atoms with E-state index < -0.39 is 23.6 Å². The number of hydrogen-bond acceptors (Lipinski definition) is 4. The Bertz CT molecular complexity index is 846. The number of hydrogen-bond donors (Lipinski definition) is 1. The predicted octanol–water partition coefficient (Wildman–Crippen LogP) is 3.03. The summed E-state index contributed by atoms with van der Waals surface area (Å²) in [5, 5.41) is 2.80. The number of benzene rings is 1. The number of nitrogens with zero attached hydrogens (tertiary/aromatic N) is 3. The first-order chi connectivity index (χ1) is 13.2. The molecule has 0 aliphatic carbocycles. The molecule has 1 atom stereocenters. The average molecular weight is 388 g/mol. The highest BCUT2D eigenvalue weighted by Gasteiger charge is 2.36. The molecule has 2 amide bonds. The Balaban J connectivity index is 1.60. The summed E-state index contributed by atoms with van der Waals surface area (Å²) in [6, 6.07) is 4.21. The number of likely N-dealkylation sites (tertiary alicyclic amines) is 1. The smallest absolute Gasteiger partial charge is 0.410 e. The summed E-state index contributed by atoms with van der Waals surface area (Å²) in [6.07, 6.45) is 5.59. The Hall–Kier alpha value is -2.90. The maximum Gasteiger partial charge on any atom is 0.410 e. The highest BCUT2D eigenvalue weighted by atomic mass is 19.1. The number of aromatic nitrogens is 2. The first-order valence-electron chi connectivity index (χ1n) is 9.29. The molecule has 1 aromatic heterocycles. The minimum absolute atomic E-state index is 0.179. The van der Waals surface area contributed by atoms with Gasteiger partial charge in [0.2, 0.25) is 5.91 Å². The van der Waals surface area contributed by atoms with Gasteiger partial charge in [0, 0.05) is 25.5 Å². The molecule has 1 aliphatic rings. The molecule has 1 saturated heterocycles. The number of rotatable bonds is 4. The van der Waals surface area contributed by atoms with E-state index in [1.165, 1.54) is 17.3 Å². The van der Waals surface area contributed by atoms with Gasteiger partial charge < -0.3 is 14.6 Å². The summed E-state index contributed by atoms with van der Waals surface area (Å²) in [5.74, 6) is -0.663. The van der Waals surface area contributed by atoms with E-state index in [2.05, 4.69) is 10.3 Å². The fraction of sp³-hybridized carbons (Fsp3) is 0.450. The van der Waals surface area contributed by atoms with Gasteiger partial charge in [0.05, 0.1) is 12.0 Å². The number of nitrogens with one attached hydrogen (secondary N) is 1. The summed E-state index contributed by atoms with van der Waals surface area (Å²) < 4.78 is 21.3. The SMILES string of the molecule is CC(C)(C)OC(=O)N1CCC[C@H]1C(=O)NCc1ccc(-n2ccnc2)c(F)c1. The number of carbonyl (C=O) groups excluding carboxylic acids is 2. The lowest BCUT2D eigenvalue weighted by molar-refractivity contribution is -0.125. The van der Waals surface area contributed by atoms with Crippen molar-refractivity contribution in [2.75, 3.05) is 6.54 Å². The minimum Gasteiger partial charge on any atom is -0.444 e. The second kappa shape index (κ2) is 8.00. The van der Waals surface area contributed by atoms with E-state index in [0.717, 1.165) is 6.42 Å². The van der Waals surface area contributed by atoms with E-state index >= 15 is 0 Å². The Labute approximate surface area is 163 Å². The summed E-state index contributed by atoms with van der Waals surface area (Å²) in [7, 11) is 0. The molecule has 0 unspecified atom stereocenters. The normalized spacial score (nSPS) is 16.9. The van der Waals surface area contributed by atoms with Gasteiger partial charge in [0.15, 0.2) is 0 Å². The Morgan fingerprint density at radius 3 is 2.79 bits per heavy atom. The molecule has 7 nitrogen and oxygen atoms in total. The predicted molar refractivity (Wildman–Crippen MR) is 101 cm³/mol. The zero-order chi connectivity index (χ0) is 20.3. The number of amides is 2. The lowest BCUT2D eigenvalue weighted by Crippen LogP contribution is -2.47. The van der Waals surface area contributed by atoms with Crippen molar-refractivity contribution in [2.45, 2.75) is 51.8 Å². The summed E-state index contributed by atoms with van der Waals surface area (Å²) in [5.41, 5.74) is 0.408. The van der Waals surface area contributed by atoms with Gasteiger partial charge in [-0.25, -0.2) is 14.2 Å². The number of ether oxygens (including phenoxy) is 1. The zero-order valence-electron chi connectivity index (χ0n) is 16.3. The van der Waals surface area contributed by atoms with Crippen LogP contribution in [0.5, 0.6) is 0 Å². The summed E-state index contributed by atoms with van der Waals surface area (Å²) in [4.78, 5) is 30.3. The van der Waals surface area contributed by atoms with Crippen molar-refractivity contribution in [2.24, 2.45) is 0 Å². The highest BCUT2D eigenvalue weighted by molar-refractivity contribution is 5.86. The third-order valence-corrected chi connectivity index (χ3v) is 4.44. The quantitative estimate of drug-likeness (QED) is 0.874. The molecule has 0 spiro atoms. The Kier molecular flexibility index (Phi) is 5.67. The fourth-order valence-electron chi connectivity index (χ4n) is 3.16. The van der Waals surface area contributed by atoms with Crippen LogP contribution in [0, 0.1) is 5.82 Å². The molecule has 1 aliphatic heterocycles. The maximum atomic E-state index is 14.3. The lowest BCUT2D eigenvalue weighted by atomic mass is 10.1. The maximum absolute atomic E-state index is 14.3. The molecular weight excluding hydrogens is 363 g/mol. The monoisotopic (exact) mass is 388 g/mol. The van der Waals surface area contributed by atoms with Gasteiger partial charge in [-0.3, -0.25) is 9.69 Å². The molecule has 1 aromatic carbocycles. The Morgan fingerprint density at radius 1 is 1.36 bits per heavy atom. The molecule has 2 aromatic rings. The van der Waals surface area contributed by atoms with E-state index in [0.29, 0.717) is 24.2 Å². The second-order valence-corrected chi connectivity index (χ2v) is 7.81. The molecule has 8 heteroatoms. The van der Waals surface area contributed by atoms with Gasteiger partial charge in [0.1, 0.15) is 17.5 Å². The third-order valence-electron chi connectivity index (χ3n) is 4.44. The molecule has 28 heavy (non-hydrogen) atoms. The van der Waals surface area contributed by atoms with Crippen LogP contribution >= 0.6 is 0 Å². The Morgan fingerprint density at radius 2 is 2.14 bits per heavy atom. The van der Waals surface area contributed by atoms with Crippen molar-refractivity contribution in [3.63, 3.8) is 0 Å². The van der Waals surface area contributed by atoms with E-state index in [1.54, 1.807) is 49.9 Å². The molecular formula is C20H25FN4O3. The average Bonchev–Trinajstić information content (AvgIpc) is 3.29. The van der Waals surface area contributed by atoms with Gasteiger partial charge in [-0.2, -0.15) is 0 Å². The number of halogens is 1. The van der Waals surface area contributed by atoms with E-state index in [9.17, 15) is 14.0 Å². The van der Waals surface area contributed by atoms with Gasteiger partial charge in [-0.05, 0) is 51.3 Å². The van der Waals surface area contributed by atoms with Crippen LogP contribution in [-0.4, -0.2) is 44.6 Å². The van der Waals surface area contributed by atoms with Crippen molar-refractivity contribution in [3.8, 4) is 5.69 Å². The zero-order valence-corrected chi connectivity index (χ0v) is 16.3. The third kappa shape index (κ3) is 4.68. The van der Waals surface area contributed by atoms with Crippen LogP contribution in [0.4, 0.5) is 9.18 Å².